The Morgan fingerprint density at radius 2 is 1.85 bits per heavy atom. The van der Waals surface area contributed by atoms with Crippen LogP contribution in [0.4, 0.5) is 5.69 Å². The zero-order valence-corrected chi connectivity index (χ0v) is 13.8. The molecule has 0 saturated heterocycles. The Kier molecular flexibility index (Phi) is 7.60. The Balaban J connectivity index is 2.74. The van der Waals surface area contributed by atoms with Gasteiger partial charge in [0.2, 0.25) is 0 Å². The van der Waals surface area contributed by atoms with Crippen LogP contribution in [0.25, 0.3) is 0 Å². The van der Waals surface area contributed by atoms with Crippen LogP contribution in [0.3, 0.4) is 0 Å². The molecule has 0 aromatic carbocycles. The first-order valence-corrected chi connectivity index (χ1v) is 8.10. The van der Waals surface area contributed by atoms with Crippen molar-refractivity contribution in [3.05, 3.63) is 24.0 Å². The zero-order chi connectivity index (χ0) is 15.0. The molecule has 1 aromatic heterocycles. The maximum atomic E-state index is 4.62. The van der Waals surface area contributed by atoms with Crippen molar-refractivity contribution < 1.29 is 0 Å². The molecule has 1 N–H and O–H groups in total. The first kappa shape index (κ1) is 17.0. The first-order chi connectivity index (χ1) is 9.65. The van der Waals surface area contributed by atoms with E-state index in [4.69, 9.17) is 0 Å². The smallest absolute Gasteiger partial charge is 0.0572 e. The SMILES string of the molecule is CCNC(C)c1ccc(N(CC)CC(CC)CC)cn1. The summed E-state index contributed by atoms with van der Waals surface area (Å²) in [5.41, 5.74) is 2.36. The Bertz CT molecular complexity index is 357. The minimum atomic E-state index is 0.322. The molecule has 0 amide bonds. The minimum Gasteiger partial charge on any atom is -0.370 e. The highest BCUT2D eigenvalue weighted by molar-refractivity contribution is 5.44. The van der Waals surface area contributed by atoms with E-state index in [9.17, 15) is 0 Å². The number of pyridine rings is 1. The first-order valence-electron chi connectivity index (χ1n) is 8.10. The standard InChI is InChI=1S/C17H31N3/c1-6-15(7-2)13-20(9-4)16-10-11-17(19-12-16)14(5)18-8-3/h10-12,14-15,18H,6-9,13H2,1-5H3. The lowest BCUT2D eigenvalue weighted by Crippen LogP contribution is -2.29. The van der Waals surface area contributed by atoms with Crippen LogP contribution in [0, 0.1) is 5.92 Å². The summed E-state index contributed by atoms with van der Waals surface area (Å²) in [7, 11) is 0. The van der Waals surface area contributed by atoms with Crippen LogP contribution in [-0.4, -0.2) is 24.6 Å². The highest BCUT2D eigenvalue weighted by Crippen LogP contribution is 2.19. The highest BCUT2D eigenvalue weighted by Gasteiger charge is 2.12. The maximum absolute atomic E-state index is 4.62. The van der Waals surface area contributed by atoms with E-state index < -0.39 is 0 Å². The molecule has 0 spiro atoms. The van der Waals surface area contributed by atoms with Crippen molar-refractivity contribution in [1.82, 2.24) is 10.3 Å². The summed E-state index contributed by atoms with van der Waals surface area (Å²) in [6.07, 6.45) is 4.51. The summed E-state index contributed by atoms with van der Waals surface area (Å²) in [4.78, 5) is 7.06. The number of anilines is 1. The van der Waals surface area contributed by atoms with E-state index in [0.29, 0.717) is 6.04 Å². The molecule has 1 unspecified atom stereocenters. The third-order valence-corrected chi connectivity index (χ3v) is 4.10. The van der Waals surface area contributed by atoms with E-state index in [-0.39, 0.29) is 0 Å². The van der Waals surface area contributed by atoms with Crippen molar-refractivity contribution in [2.45, 2.75) is 53.5 Å². The average molecular weight is 277 g/mol. The highest BCUT2D eigenvalue weighted by atomic mass is 15.1. The van der Waals surface area contributed by atoms with Crippen molar-refractivity contribution in [2.24, 2.45) is 5.92 Å². The van der Waals surface area contributed by atoms with Gasteiger partial charge in [-0.15, -0.1) is 0 Å². The van der Waals surface area contributed by atoms with Crippen LogP contribution < -0.4 is 10.2 Å². The lowest BCUT2D eigenvalue weighted by Gasteiger charge is -2.27. The van der Waals surface area contributed by atoms with Gasteiger partial charge in [-0.2, -0.15) is 0 Å². The largest absolute Gasteiger partial charge is 0.370 e. The molecule has 0 saturated carbocycles. The fourth-order valence-corrected chi connectivity index (χ4v) is 2.53. The fraction of sp³-hybridized carbons (Fsp3) is 0.706. The molecule has 20 heavy (non-hydrogen) atoms. The summed E-state index contributed by atoms with van der Waals surface area (Å²) >= 11 is 0. The van der Waals surface area contributed by atoms with Gasteiger partial charge in [0.1, 0.15) is 0 Å². The Morgan fingerprint density at radius 3 is 2.30 bits per heavy atom. The van der Waals surface area contributed by atoms with E-state index in [1.54, 1.807) is 0 Å². The fourth-order valence-electron chi connectivity index (χ4n) is 2.53. The van der Waals surface area contributed by atoms with Gasteiger partial charge in [-0.05, 0) is 38.4 Å². The molecule has 0 aliphatic heterocycles. The second-order valence-electron chi connectivity index (χ2n) is 5.44. The molecule has 0 radical (unpaired) electrons. The van der Waals surface area contributed by atoms with Crippen molar-refractivity contribution >= 4 is 5.69 Å². The molecule has 1 heterocycles. The van der Waals surface area contributed by atoms with Gasteiger partial charge in [0.05, 0.1) is 17.6 Å². The molecule has 1 atom stereocenters. The Hall–Kier alpha value is -1.09. The van der Waals surface area contributed by atoms with Gasteiger partial charge >= 0.3 is 0 Å². The third kappa shape index (κ3) is 4.78. The summed E-state index contributed by atoms with van der Waals surface area (Å²) in [5.74, 6) is 0.773. The van der Waals surface area contributed by atoms with Gasteiger partial charge in [-0.3, -0.25) is 4.98 Å². The maximum Gasteiger partial charge on any atom is 0.0572 e. The van der Waals surface area contributed by atoms with Crippen LogP contribution >= 0.6 is 0 Å². The van der Waals surface area contributed by atoms with Gasteiger partial charge in [0.25, 0.3) is 0 Å². The van der Waals surface area contributed by atoms with Gasteiger partial charge in [-0.1, -0.05) is 33.6 Å². The van der Waals surface area contributed by atoms with Crippen molar-refractivity contribution in [3.8, 4) is 0 Å². The van der Waals surface area contributed by atoms with Crippen LogP contribution in [0.1, 0.15) is 59.2 Å². The van der Waals surface area contributed by atoms with Crippen LogP contribution in [0.5, 0.6) is 0 Å². The van der Waals surface area contributed by atoms with Crippen LogP contribution in [0.15, 0.2) is 18.3 Å². The van der Waals surface area contributed by atoms with E-state index in [2.05, 4.69) is 62.0 Å². The molecule has 3 heteroatoms. The summed E-state index contributed by atoms with van der Waals surface area (Å²) in [5, 5.41) is 3.40. The molecule has 0 bridgehead atoms. The number of nitrogens with one attached hydrogen (secondary N) is 1. The molecule has 0 fully saturated rings. The van der Waals surface area contributed by atoms with Gasteiger partial charge in [0, 0.05) is 19.1 Å². The second-order valence-corrected chi connectivity index (χ2v) is 5.44. The van der Waals surface area contributed by atoms with Crippen LogP contribution in [-0.2, 0) is 0 Å². The van der Waals surface area contributed by atoms with Gasteiger partial charge in [0.15, 0.2) is 0 Å². The molecule has 1 aromatic rings. The predicted octanol–water partition coefficient (Wildman–Crippen LogP) is 4.01. The molecular weight excluding hydrogens is 246 g/mol. The predicted molar refractivity (Wildman–Crippen MR) is 88.3 cm³/mol. The summed E-state index contributed by atoms with van der Waals surface area (Å²) in [6, 6.07) is 4.68. The number of hydrogen-bond acceptors (Lipinski definition) is 3. The minimum absolute atomic E-state index is 0.322. The van der Waals surface area contributed by atoms with Gasteiger partial charge < -0.3 is 10.2 Å². The number of aromatic nitrogens is 1. The number of rotatable bonds is 9. The second kappa shape index (κ2) is 8.96. The van der Waals surface area contributed by atoms with Crippen LogP contribution in [0.2, 0.25) is 0 Å². The quantitative estimate of drug-likeness (QED) is 0.739. The third-order valence-electron chi connectivity index (χ3n) is 4.10. The topological polar surface area (TPSA) is 28.2 Å². The molecule has 0 aliphatic rings. The average Bonchev–Trinajstić information content (AvgIpc) is 2.49. The van der Waals surface area contributed by atoms with E-state index in [1.807, 2.05) is 6.20 Å². The molecular formula is C17H31N3. The lowest BCUT2D eigenvalue weighted by molar-refractivity contribution is 0.486. The monoisotopic (exact) mass is 277 g/mol. The lowest BCUT2D eigenvalue weighted by atomic mass is 10.0. The normalized spacial score (nSPS) is 12.7. The summed E-state index contributed by atoms with van der Waals surface area (Å²) < 4.78 is 0. The molecule has 1 rings (SSSR count). The van der Waals surface area contributed by atoms with E-state index >= 15 is 0 Å². The molecule has 0 aliphatic carbocycles. The van der Waals surface area contributed by atoms with Crippen molar-refractivity contribution in [2.75, 3.05) is 24.5 Å². The van der Waals surface area contributed by atoms with E-state index in [0.717, 1.165) is 31.2 Å². The number of nitrogens with zero attached hydrogens (tertiary/aromatic N) is 2. The van der Waals surface area contributed by atoms with E-state index in [1.165, 1.54) is 18.5 Å². The van der Waals surface area contributed by atoms with Gasteiger partial charge in [-0.25, -0.2) is 0 Å². The molecule has 3 nitrogen and oxygen atoms in total. The Morgan fingerprint density at radius 1 is 1.15 bits per heavy atom. The molecule has 114 valence electrons. The van der Waals surface area contributed by atoms with Crippen molar-refractivity contribution in [3.63, 3.8) is 0 Å². The van der Waals surface area contributed by atoms with Crippen molar-refractivity contribution in [1.29, 1.82) is 0 Å². The zero-order valence-electron chi connectivity index (χ0n) is 13.8. The summed E-state index contributed by atoms with van der Waals surface area (Å²) in [6.45, 7) is 14.2. The Labute approximate surface area is 124 Å². The number of hydrogen-bond donors (Lipinski definition) is 1.